The molecule has 12 heavy (non-hydrogen) atoms. The molecule has 1 rings (SSSR count). The molecule has 0 bridgehead atoms. The standard InChI is InChI=1S/C6H5F.C2H3FO2/c7-6-4-2-1-3-5-6;3-1-2(4)5/h1-5H;1H2,(H,4,5). The van der Waals surface area contributed by atoms with Crippen LogP contribution in [0.3, 0.4) is 0 Å². The Morgan fingerprint density at radius 2 is 1.75 bits per heavy atom. The Morgan fingerprint density at radius 3 is 1.92 bits per heavy atom. The van der Waals surface area contributed by atoms with Crippen LogP contribution in [0.25, 0.3) is 0 Å². The fourth-order valence-electron chi connectivity index (χ4n) is 0.415. The summed E-state index contributed by atoms with van der Waals surface area (Å²) in [6.07, 6.45) is 0. The van der Waals surface area contributed by atoms with Crippen LogP contribution in [-0.4, -0.2) is 17.8 Å². The van der Waals surface area contributed by atoms with Gasteiger partial charge in [0.25, 0.3) is 0 Å². The number of benzene rings is 1. The lowest BCUT2D eigenvalue weighted by Gasteiger charge is -1.78. The van der Waals surface area contributed by atoms with E-state index >= 15 is 0 Å². The van der Waals surface area contributed by atoms with Crippen molar-refractivity contribution in [2.45, 2.75) is 0 Å². The average Bonchev–Trinajstić information content (AvgIpc) is 2.07. The van der Waals surface area contributed by atoms with Gasteiger partial charge in [0.15, 0.2) is 6.67 Å². The highest BCUT2D eigenvalue weighted by Gasteiger charge is 1.85. The Labute approximate surface area is 68.5 Å². The molecule has 0 fully saturated rings. The van der Waals surface area contributed by atoms with E-state index < -0.39 is 12.6 Å². The van der Waals surface area contributed by atoms with Crippen molar-refractivity contribution in [3.8, 4) is 0 Å². The van der Waals surface area contributed by atoms with Gasteiger partial charge in [-0.05, 0) is 12.1 Å². The molecule has 0 aliphatic carbocycles. The summed E-state index contributed by atoms with van der Waals surface area (Å²) in [5, 5.41) is 7.35. The molecule has 0 radical (unpaired) electrons. The molecule has 0 aliphatic heterocycles. The molecule has 4 heteroatoms. The zero-order chi connectivity index (χ0) is 9.40. The second-order valence-corrected chi connectivity index (χ2v) is 1.82. The highest BCUT2D eigenvalue weighted by atomic mass is 19.1. The molecule has 0 spiro atoms. The number of rotatable bonds is 1. The topological polar surface area (TPSA) is 37.3 Å². The monoisotopic (exact) mass is 174 g/mol. The minimum absolute atomic E-state index is 0.178. The molecule has 0 aromatic heterocycles. The van der Waals surface area contributed by atoms with Gasteiger partial charge in [-0.15, -0.1) is 0 Å². The maximum absolute atomic E-state index is 11.9. The van der Waals surface area contributed by atoms with Crippen molar-refractivity contribution in [1.29, 1.82) is 0 Å². The van der Waals surface area contributed by atoms with Crippen LogP contribution in [0.4, 0.5) is 8.78 Å². The fourth-order valence-corrected chi connectivity index (χ4v) is 0.415. The molecular weight excluding hydrogens is 166 g/mol. The van der Waals surface area contributed by atoms with E-state index in [1.807, 2.05) is 0 Å². The third-order valence-electron chi connectivity index (χ3n) is 0.847. The minimum Gasteiger partial charge on any atom is -0.479 e. The Balaban J connectivity index is 0.000000217. The van der Waals surface area contributed by atoms with E-state index in [9.17, 15) is 8.78 Å². The van der Waals surface area contributed by atoms with Crippen LogP contribution < -0.4 is 0 Å². The van der Waals surface area contributed by atoms with Crippen LogP contribution in [0.1, 0.15) is 0 Å². The fraction of sp³-hybridized carbons (Fsp3) is 0.125. The summed E-state index contributed by atoms with van der Waals surface area (Å²) >= 11 is 0. The number of hydrogen-bond donors (Lipinski definition) is 1. The normalized spacial score (nSPS) is 8.17. The highest BCUT2D eigenvalue weighted by molar-refractivity contribution is 5.67. The molecule has 0 unspecified atom stereocenters. The number of aliphatic carboxylic acids is 1. The van der Waals surface area contributed by atoms with Crippen molar-refractivity contribution in [3.05, 3.63) is 36.1 Å². The molecule has 0 amide bonds. The molecule has 0 atom stereocenters. The van der Waals surface area contributed by atoms with Gasteiger partial charge in [-0.25, -0.2) is 13.6 Å². The number of carbonyl (C=O) groups is 1. The summed E-state index contributed by atoms with van der Waals surface area (Å²) in [5.74, 6) is -1.59. The molecule has 0 saturated carbocycles. The van der Waals surface area contributed by atoms with E-state index in [2.05, 4.69) is 0 Å². The second kappa shape index (κ2) is 6.27. The van der Waals surface area contributed by atoms with Gasteiger partial charge in [-0.2, -0.15) is 0 Å². The molecule has 2 nitrogen and oxygen atoms in total. The van der Waals surface area contributed by atoms with Crippen LogP contribution in [0.2, 0.25) is 0 Å². The molecule has 0 heterocycles. The summed E-state index contributed by atoms with van der Waals surface area (Å²) in [6, 6.07) is 7.94. The highest BCUT2D eigenvalue weighted by Crippen LogP contribution is 1.91. The molecule has 1 aromatic rings. The van der Waals surface area contributed by atoms with Crippen LogP contribution in [0.15, 0.2) is 30.3 Å². The van der Waals surface area contributed by atoms with Crippen LogP contribution >= 0.6 is 0 Å². The van der Waals surface area contributed by atoms with Crippen molar-refractivity contribution >= 4 is 5.97 Å². The molecule has 1 N–H and O–H groups in total. The number of carboxylic acid groups (broad SMARTS) is 1. The first-order chi connectivity index (χ1) is 5.66. The van der Waals surface area contributed by atoms with Gasteiger partial charge in [0.2, 0.25) is 0 Å². The van der Waals surface area contributed by atoms with Gasteiger partial charge in [-0.3, -0.25) is 0 Å². The first-order valence-corrected chi connectivity index (χ1v) is 3.15. The largest absolute Gasteiger partial charge is 0.479 e. The average molecular weight is 174 g/mol. The smallest absolute Gasteiger partial charge is 0.335 e. The maximum atomic E-state index is 11.9. The molecule has 0 saturated heterocycles. The number of alkyl halides is 1. The van der Waals surface area contributed by atoms with Crippen molar-refractivity contribution in [2.75, 3.05) is 6.67 Å². The van der Waals surface area contributed by atoms with E-state index in [1.54, 1.807) is 18.2 Å². The van der Waals surface area contributed by atoms with Crippen LogP contribution in [0, 0.1) is 5.82 Å². The van der Waals surface area contributed by atoms with Gasteiger partial charge in [-0.1, -0.05) is 18.2 Å². The van der Waals surface area contributed by atoms with E-state index in [1.165, 1.54) is 12.1 Å². The maximum Gasteiger partial charge on any atom is 0.335 e. The van der Waals surface area contributed by atoms with Gasteiger partial charge in [0, 0.05) is 0 Å². The summed E-state index contributed by atoms with van der Waals surface area (Å²) in [6.45, 7) is -1.28. The van der Waals surface area contributed by atoms with Crippen LogP contribution in [0.5, 0.6) is 0 Å². The van der Waals surface area contributed by atoms with Gasteiger partial charge in [0.1, 0.15) is 5.82 Å². The van der Waals surface area contributed by atoms with Crippen molar-refractivity contribution in [3.63, 3.8) is 0 Å². The first kappa shape index (κ1) is 10.6. The molecule has 66 valence electrons. The second-order valence-electron chi connectivity index (χ2n) is 1.82. The quantitative estimate of drug-likeness (QED) is 0.705. The van der Waals surface area contributed by atoms with E-state index in [0.29, 0.717) is 0 Å². The zero-order valence-corrected chi connectivity index (χ0v) is 6.21. The summed E-state index contributed by atoms with van der Waals surface area (Å²) in [4.78, 5) is 8.99. The summed E-state index contributed by atoms with van der Waals surface area (Å²) in [5.41, 5.74) is 0. The van der Waals surface area contributed by atoms with Crippen molar-refractivity contribution in [2.24, 2.45) is 0 Å². The zero-order valence-electron chi connectivity index (χ0n) is 6.21. The predicted molar refractivity (Wildman–Crippen MR) is 40.0 cm³/mol. The van der Waals surface area contributed by atoms with E-state index in [0.717, 1.165) is 0 Å². The molecule has 1 aromatic carbocycles. The lowest BCUT2D eigenvalue weighted by molar-refractivity contribution is -0.137. The minimum atomic E-state index is -1.41. The Kier molecular flexibility index (Phi) is 5.51. The summed E-state index contributed by atoms with van der Waals surface area (Å²) in [7, 11) is 0. The van der Waals surface area contributed by atoms with Gasteiger partial charge < -0.3 is 5.11 Å². The van der Waals surface area contributed by atoms with Crippen LogP contribution in [-0.2, 0) is 4.79 Å². The van der Waals surface area contributed by atoms with Gasteiger partial charge in [0.05, 0.1) is 0 Å². The van der Waals surface area contributed by atoms with Crippen molar-refractivity contribution in [1.82, 2.24) is 0 Å². The summed E-state index contributed by atoms with van der Waals surface area (Å²) < 4.78 is 22.4. The van der Waals surface area contributed by atoms with Crippen molar-refractivity contribution < 1.29 is 18.7 Å². The lowest BCUT2D eigenvalue weighted by Crippen LogP contribution is -1.93. The SMILES string of the molecule is Fc1ccccc1.O=C(O)CF. The Morgan fingerprint density at radius 1 is 1.33 bits per heavy atom. The molecule has 0 aliphatic rings. The van der Waals surface area contributed by atoms with E-state index in [-0.39, 0.29) is 5.82 Å². The number of halogens is 2. The molecular formula is C8H8F2O2. The Hall–Kier alpha value is -1.45. The van der Waals surface area contributed by atoms with E-state index in [4.69, 9.17) is 9.90 Å². The third-order valence-corrected chi connectivity index (χ3v) is 0.847. The lowest BCUT2D eigenvalue weighted by atomic mass is 10.4. The first-order valence-electron chi connectivity index (χ1n) is 3.15. The Bertz CT molecular complexity index is 224. The van der Waals surface area contributed by atoms with Gasteiger partial charge >= 0.3 is 5.97 Å². The predicted octanol–water partition coefficient (Wildman–Crippen LogP) is 1.87. The number of carboxylic acids is 1. The number of hydrogen-bond acceptors (Lipinski definition) is 1. The third kappa shape index (κ3) is 6.67.